The Labute approximate surface area is 173 Å². The summed E-state index contributed by atoms with van der Waals surface area (Å²) in [5.74, 6) is -0.334. The molecule has 1 amide bonds. The van der Waals surface area contributed by atoms with E-state index in [4.69, 9.17) is 35.4 Å². The number of β-amino-alcohol motifs (C(OH)–C–C–N with tert-alkyl or cyclic N) is 1. The molecular formula is C19H19Cl2N3O2S. The zero-order chi connectivity index (χ0) is 19.6. The second-order valence-electron chi connectivity index (χ2n) is 6.70. The number of nitrogens with one attached hydrogen (secondary N) is 1. The number of carbonyl (C=O) groups excluding carboxylic acids is 1. The highest BCUT2D eigenvalue weighted by molar-refractivity contribution is 7.80. The second kappa shape index (κ2) is 8.10. The van der Waals surface area contributed by atoms with Gasteiger partial charge in [-0.15, -0.1) is 0 Å². The fourth-order valence-corrected chi connectivity index (χ4v) is 3.76. The van der Waals surface area contributed by atoms with Crippen LogP contribution in [0.1, 0.15) is 35.5 Å². The monoisotopic (exact) mass is 423 g/mol. The lowest BCUT2D eigenvalue weighted by atomic mass is 10.0. The first-order valence-corrected chi connectivity index (χ1v) is 9.63. The van der Waals surface area contributed by atoms with Crippen molar-refractivity contribution < 1.29 is 9.90 Å². The minimum atomic E-state index is -0.728. The number of hydrogen-bond donors (Lipinski definition) is 2. The van der Waals surface area contributed by atoms with Gasteiger partial charge in [-0.1, -0.05) is 53.6 Å². The molecule has 2 atom stereocenters. The van der Waals surface area contributed by atoms with Crippen LogP contribution in [-0.4, -0.2) is 44.5 Å². The summed E-state index contributed by atoms with van der Waals surface area (Å²) >= 11 is 17.4. The summed E-state index contributed by atoms with van der Waals surface area (Å²) in [6, 6.07) is 12.0. The van der Waals surface area contributed by atoms with Crippen molar-refractivity contribution >= 4 is 46.3 Å². The van der Waals surface area contributed by atoms with Gasteiger partial charge in [-0.3, -0.25) is 4.79 Å². The van der Waals surface area contributed by atoms with Gasteiger partial charge in [0.1, 0.15) is 15.8 Å². The van der Waals surface area contributed by atoms with E-state index in [1.807, 2.05) is 17.9 Å². The lowest BCUT2D eigenvalue weighted by Gasteiger charge is -2.29. The van der Waals surface area contributed by atoms with Gasteiger partial charge in [0.05, 0.1) is 11.6 Å². The Kier molecular flexibility index (Phi) is 6.01. The molecule has 142 valence electrons. The lowest BCUT2D eigenvalue weighted by Crippen LogP contribution is -2.51. The highest BCUT2D eigenvalue weighted by Gasteiger charge is 2.41. The number of amides is 1. The van der Waals surface area contributed by atoms with Crippen LogP contribution in [0, 0.1) is 0 Å². The van der Waals surface area contributed by atoms with E-state index in [1.54, 1.807) is 36.4 Å². The summed E-state index contributed by atoms with van der Waals surface area (Å²) in [6.45, 7) is 2.85. The van der Waals surface area contributed by atoms with E-state index in [2.05, 4.69) is 10.3 Å². The molecule has 3 rings (SSSR count). The van der Waals surface area contributed by atoms with Crippen LogP contribution in [0.4, 0.5) is 0 Å². The van der Waals surface area contributed by atoms with Crippen molar-refractivity contribution in [1.82, 2.24) is 15.2 Å². The molecule has 0 radical (unpaired) electrons. The highest BCUT2D eigenvalue weighted by Crippen LogP contribution is 2.27. The third-order valence-corrected chi connectivity index (χ3v) is 5.76. The molecule has 8 heteroatoms. The third kappa shape index (κ3) is 4.58. The SMILES string of the molecule is CC1(NC(=O)c2cccc(Cl)n2)CCN(CC(O)c2cccc(Cl)c2)C1=S. The molecule has 0 spiro atoms. The van der Waals surface area contributed by atoms with Crippen molar-refractivity contribution in [3.8, 4) is 0 Å². The van der Waals surface area contributed by atoms with Gasteiger partial charge in [-0.05, 0) is 43.2 Å². The first-order valence-electron chi connectivity index (χ1n) is 8.46. The summed E-state index contributed by atoms with van der Waals surface area (Å²) in [6.07, 6.45) is -0.0882. The van der Waals surface area contributed by atoms with Gasteiger partial charge in [-0.25, -0.2) is 4.98 Å². The summed E-state index contributed by atoms with van der Waals surface area (Å²) < 4.78 is 0. The average molecular weight is 424 g/mol. The maximum atomic E-state index is 12.5. The fourth-order valence-electron chi connectivity index (χ4n) is 3.08. The summed E-state index contributed by atoms with van der Waals surface area (Å²) in [4.78, 5) is 19.0. The van der Waals surface area contributed by atoms with Crippen LogP contribution in [0.15, 0.2) is 42.5 Å². The van der Waals surface area contributed by atoms with Gasteiger partial charge in [0.25, 0.3) is 5.91 Å². The molecule has 1 saturated heterocycles. The van der Waals surface area contributed by atoms with Crippen LogP contribution in [0.5, 0.6) is 0 Å². The van der Waals surface area contributed by atoms with Crippen molar-refractivity contribution in [2.24, 2.45) is 0 Å². The number of likely N-dealkylation sites (tertiary alicyclic amines) is 1. The smallest absolute Gasteiger partial charge is 0.270 e. The molecule has 27 heavy (non-hydrogen) atoms. The number of benzene rings is 1. The number of rotatable bonds is 5. The largest absolute Gasteiger partial charge is 0.387 e. The Morgan fingerprint density at radius 3 is 2.81 bits per heavy atom. The first-order chi connectivity index (χ1) is 12.8. The minimum absolute atomic E-state index is 0.240. The number of thiocarbonyl (C=S) groups is 1. The van der Waals surface area contributed by atoms with E-state index >= 15 is 0 Å². The van der Waals surface area contributed by atoms with E-state index in [1.165, 1.54) is 0 Å². The Morgan fingerprint density at radius 1 is 1.37 bits per heavy atom. The Bertz CT molecular complexity index is 880. The molecule has 0 saturated carbocycles. The van der Waals surface area contributed by atoms with Gasteiger partial charge >= 0.3 is 0 Å². The number of aliphatic hydroxyl groups is 1. The molecule has 2 heterocycles. The topological polar surface area (TPSA) is 65.5 Å². The molecule has 2 N–H and O–H groups in total. The molecule has 0 aliphatic carbocycles. The quantitative estimate of drug-likeness (QED) is 0.567. The van der Waals surface area contributed by atoms with E-state index in [0.29, 0.717) is 29.5 Å². The van der Waals surface area contributed by atoms with Crippen LogP contribution in [0.3, 0.4) is 0 Å². The maximum absolute atomic E-state index is 12.5. The van der Waals surface area contributed by atoms with Crippen LogP contribution < -0.4 is 5.32 Å². The van der Waals surface area contributed by atoms with Crippen molar-refractivity contribution in [1.29, 1.82) is 0 Å². The van der Waals surface area contributed by atoms with E-state index in [0.717, 1.165) is 5.56 Å². The van der Waals surface area contributed by atoms with Gasteiger partial charge in [0.2, 0.25) is 0 Å². The number of halogens is 2. The predicted octanol–water partition coefficient (Wildman–Crippen LogP) is 3.64. The average Bonchev–Trinajstić information content (AvgIpc) is 2.90. The number of hydrogen-bond acceptors (Lipinski definition) is 4. The van der Waals surface area contributed by atoms with Crippen LogP contribution in [0.25, 0.3) is 0 Å². The van der Waals surface area contributed by atoms with E-state index < -0.39 is 11.6 Å². The standard InChI is InChI=1S/C19H19Cl2N3O2S/c1-19(23-17(26)14-6-3-7-16(21)22-14)8-9-24(18(19)27)11-15(25)12-4-2-5-13(20)10-12/h2-7,10,15,25H,8-9,11H2,1H3,(H,23,26). The molecule has 1 aliphatic rings. The Balaban J connectivity index is 1.67. The summed E-state index contributed by atoms with van der Waals surface area (Å²) in [5, 5.41) is 14.3. The molecule has 1 aromatic carbocycles. The van der Waals surface area contributed by atoms with Crippen LogP contribution in [0.2, 0.25) is 10.2 Å². The summed E-state index contributed by atoms with van der Waals surface area (Å²) in [5.41, 5.74) is 0.278. The molecule has 1 aliphatic heterocycles. The van der Waals surface area contributed by atoms with Crippen LogP contribution >= 0.6 is 35.4 Å². The molecule has 2 unspecified atom stereocenters. The minimum Gasteiger partial charge on any atom is -0.387 e. The van der Waals surface area contributed by atoms with Gasteiger partial charge in [0, 0.05) is 18.1 Å². The fraction of sp³-hybridized carbons (Fsp3) is 0.316. The van der Waals surface area contributed by atoms with Gasteiger partial charge < -0.3 is 15.3 Å². The second-order valence-corrected chi connectivity index (χ2v) is 7.91. The summed E-state index contributed by atoms with van der Waals surface area (Å²) in [7, 11) is 0. The number of aliphatic hydroxyl groups excluding tert-OH is 1. The third-order valence-electron chi connectivity index (χ3n) is 4.60. The van der Waals surface area contributed by atoms with Gasteiger partial charge in [0.15, 0.2) is 0 Å². The Morgan fingerprint density at radius 2 is 2.11 bits per heavy atom. The first kappa shape index (κ1) is 20.0. The number of pyridine rings is 1. The normalized spacial score (nSPS) is 20.6. The van der Waals surface area contributed by atoms with Crippen molar-refractivity contribution in [3.63, 3.8) is 0 Å². The van der Waals surface area contributed by atoms with Gasteiger partial charge in [-0.2, -0.15) is 0 Å². The molecule has 0 bridgehead atoms. The maximum Gasteiger partial charge on any atom is 0.270 e. The molecular weight excluding hydrogens is 405 g/mol. The Hall–Kier alpha value is -1.73. The van der Waals surface area contributed by atoms with E-state index in [9.17, 15) is 9.90 Å². The van der Waals surface area contributed by atoms with Crippen LogP contribution in [-0.2, 0) is 0 Å². The zero-order valence-corrected chi connectivity index (χ0v) is 17.0. The molecule has 5 nitrogen and oxygen atoms in total. The van der Waals surface area contributed by atoms with Crippen molar-refractivity contribution in [3.05, 3.63) is 63.9 Å². The number of aromatic nitrogens is 1. The highest BCUT2D eigenvalue weighted by atomic mass is 35.5. The molecule has 1 fully saturated rings. The number of nitrogens with zero attached hydrogens (tertiary/aromatic N) is 2. The number of carbonyl (C=O) groups is 1. The molecule has 2 aromatic rings. The molecule has 1 aromatic heterocycles. The zero-order valence-electron chi connectivity index (χ0n) is 14.7. The van der Waals surface area contributed by atoms with E-state index in [-0.39, 0.29) is 16.8 Å². The lowest BCUT2D eigenvalue weighted by molar-refractivity contribution is 0.0923. The predicted molar refractivity (Wildman–Crippen MR) is 110 cm³/mol. The van der Waals surface area contributed by atoms with Crippen molar-refractivity contribution in [2.75, 3.05) is 13.1 Å². The van der Waals surface area contributed by atoms with Crippen molar-refractivity contribution in [2.45, 2.75) is 25.0 Å².